The second kappa shape index (κ2) is 7.49. The van der Waals surface area contributed by atoms with Crippen molar-refractivity contribution in [2.24, 2.45) is 16.9 Å². The highest BCUT2D eigenvalue weighted by Crippen LogP contribution is 2.27. The van der Waals surface area contributed by atoms with Crippen molar-refractivity contribution in [1.29, 1.82) is 5.41 Å². The van der Waals surface area contributed by atoms with Gasteiger partial charge in [-0.15, -0.1) is 0 Å². The van der Waals surface area contributed by atoms with Crippen LogP contribution in [-0.4, -0.2) is 11.9 Å². The summed E-state index contributed by atoms with van der Waals surface area (Å²) in [6.07, 6.45) is 3.66. The van der Waals surface area contributed by atoms with E-state index in [-0.39, 0.29) is 0 Å². The molecule has 1 aliphatic rings. The second-order valence-corrected chi connectivity index (χ2v) is 4.69. The molecule has 3 N–H and O–H groups in total. The fourth-order valence-electron chi connectivity index (χ4n) is 2.03. The maximum Gasteiger partial charge on any atom is 0.108 e. The summed E-state index contributed by atoms with van der Waals surface area (Å²) in [4.78, 5) is 0. The molecule has 0 atom stereocenters. The molecule has 0 heterocycles. The van der Waals surface area contributed by atoms with Gasteiger partial charge in [-0.1, -0.05) is 25.7 Å². The molecule has 0 aromatic heterocycles. The minimum Gasteiger partial charge on any atom is -0.323 e. The summed E-state index contributed by atoms with van der Waals surface area (Å²) in [5, 5.41) is 11.0. The maximum atomic E-state index is 7.33. The summed E-state index contributed by atoms with van der Waals surface area (Å²) in [6, 6.07) is 4.07. The Morgan fingerprint density at radius 1 is 1.30 bits per heavy atom. The maximum absolute atomic E-state index is 7.33. The van der Waals surface area contributed by atoms with Crippen molar-refractivity contribution in [3.8, 4) is 11.8 Å². The second-order valence-electron chi connectivity index (χ2n) is 4.69. The van der Waals surface area contributed by atoms with Gasteiger partial charge in [-0.05, 0) is 49.9 Å². The molecule has 0 bridgehead atoms. The van der Waals surface area contributed by atoms with E-state index in [9.17, 15) is 0 Å². The molecule has 3 heteroatoms. The van der Waals surface area contributed by atoms with E-state index in [1.165, 1.54) is 19.1 Å². The highest BCUT2D eigenvalue weighted by atomic mass is 15.1. The van der Waals surface area contributed by atoms with Crippen molar-refractivity contribution in [3.05, 3.63) is 34.4 Å². The first-order valence-electron chi connectivity index (χ1n) is 7.07. The van der Waals surface area contributed by atoms with Gasteiger partial charge in [0.15, 0.2) is 0 Å². The monoisotopic (exact) mass is 269 g/mol. The summed E-state index contributed by atoms with van der Waals surface area (Å²) < 4.78 is 0. The van der Waals surface area contributed by atoms with E-state index in [2.05, 4.69) is 16.9 Å². The molecule has 0 unspecified atom stereocenters. The van der Waals surface area contributed by atoms with Gasteiger partial charge in [-0.25, -0.2) is 0 Å². The lowest BCUT2D eigenvalue weighted by molar-refractivity contribution is 1.18. The van der Waals surface area contributed by atoms with E-state index in [0.29, 0.717) is 11.6 Å². The number of hydrogen-bond acceptors (Lipinski definition) is 3. The predicted molar refractivity (Wildman–Crippen MR) is 86.4 cm³/mol. The smallest absolute Gasteiger partial charge is 0.108 e. The first kappa shape index (κ1) is 16.0. The molecule has 3 nitrogen and oxygen atoms in total. The number of hydrogen-bond donors (Lipinski definition) is 2. The fraction of sp³-hybridized carbons (Fsp3) is 0.412. The number of nitrogens with one attached hydrogen (secondary N) is 1. The minimum atomic E-state index is 0.506. The van der Waals surface area contributed by atoms with Gasteiger partial charge >= 0.3 is 0 Å². The Labute approximate surface area is 121 Å². The van der Waals surface area contributed by atoms with E-state index in [1.54, 1.807) is 0 Å². The van der Waals surface area contributed by atoms with E-state index in [4.69, 9.17) is 11.3 Å². The van der Waals surface area contributed by atoms with Gasteiger partial charge in [0.2, 0.25) is 0 Å². The van der Waals surface area contributed by atoms with Crippen LogP contribution in [0.1, 0.15) is 48.9 Å². The first-order valence-corrected chi connectivity index (χ1v) is 7.07. The topological polar surface area (TPSA) is 62.2 Å². The van der Waals surface area contributed by atoms with Crippen LogP contribution in [0.3, 0.4) is 0 Å². The van der Waals surface area contributed by atoms with Gasteiger partial charge in [0, 0.05) is 23.3 Å². The Balaban J connectivity index is 0.000000956. The Hall–Kier alpha value is -2.08. The summed E-state index contributed by atoms with van der Waals surface area (Å²) in [5.74, 6) is 12.4. The molecule has 1 saturated carbocycles. The zero-order valence-corrected chi connectivity index (χ0v) is 12.7. The molecule has 2 rings (SSSR count). The normalized spacial score (nSPS) is 13.7. The van der Waals surface area contributed by atoms with E-state index in [0.717, 1.165) is 22.3 Å². The standard InChI is InChI=1S/C15H17N3.C2H6/c1-10-7-13(6-5-12-3-4-12)8-11(2)15(10)14(9-16)18-17;1-2/h7-9,12,16H,3-4,17H2,1-2H3;1-2H3/b16-9?,18-14+;. The van der Waals surface area contributed by atoms with E-state index in [1.807, 2.05) is 39.8 Å². The third kappa shape index (κ3) is 3.96. The van der Waals surface area contributed by atoms with Crippen LogP contribution < -0.4 is 5.84 Å². The Morgan fingerprint density at radius 2 is 1.85 bits per heavy atom. The highest BCUT2D eigenvalue weighted by Gasteiger charge is 2.17. The van der Waals surface area contributed by atoms with Gasteiger partial charge in [-0.3, -0.25) is 0 Å². The number of hydrazone groups is 1. The molecule has 0 aliphatic heterocycles. The van der Waals surface area contributed by atoms with Crippen molar-refractivity contribution in [3.63, 3.8) is 0 Å². The van der Waals surface area contributed by atoms with Crippen molar-refractivity contribution in [2.75, 3.05) is 0 Å². The molecule has 1 fully saturated rings. The lowest BCUT2D eigenvalue weighted by Crippen LogP contribution is -2.09. The molecule has 1 aliphatic carbocycles. The Morgan fingerprint density at radius 3 is 2.25 bits per heavy atom. The molecule has 0 amide bonds. The largest absolute Gasteiger partial charge is 0.323 e. The van der Waals surface area contributed by atoms with Crippen molar-refractivity contribution >= 4 is 11.9 Å². The summed E-state index contributed by atoms with van der Waals surface area (Å²) in [7, 11) is 0. The lowest BCUT2D eigenvalue weighted by atomic mass is 9.96. The molecular formula is C17H23N3. The summed E-state index contributed by atoms with van der Waals surface area (Å²) >= 11 is 0. The van der Waals surface area contributed by atoms with Crippen LogP contribution in [0, 0.1) is 37.0 Å². The van der Waals surface area contributed by atoms with Crippen molar-refractivity contribution in [2.45, 2.75) is 40.5 Å². The van der Waals surface area contributed by atoms with E-state index >= 15 is 0 Å². The first-order chi connectivity index (χ1) is 9.65. The van der Waals surface area contributed by atoms with Crippen LogP contribution in [0.2, 0.25) is 0 Å². The molecule has 0 radical (unpaired) electrons. The number of nitrogens with two attached hydrogens (primary N) is 1. The molecule has 0 saturated heterocycles. The number of benzene rings is 1. The number of rotatable bonds is 2. The van der Waals surface area contributed by atoms with Crippen LogP contribution in [0.4, 0.5) is 0 Å². The molecular weight excluding hydrogens is 246 g/mol. The van der Waals surface area contributed by atoms with Crippen LogP contribution >= 0.6 is 0 Å². The van der Waals surface area contributed by atoms with Crippen molar-refractivity contribution in [1.82, 2.24) is 0 Å². The van der Waals surface area contributed by atoms with Crippen LogP contribution in [-0.2, 0) is 0 Å². The van der Waals surface area contributed by atoms with Crippen molar-refractivity contribution < 1.29 is 0 Å². The quantitative estimate of drug-likeness (QED) is 0.367. The summed E-state index contributed by atoms with van der Waals surface area (Å²) in [5.41, 5.74) is 4.59. The average Bonchev–Trinajstić information content (AvgIpc) is 3.27. The van der Waals surface area contributed by atoms with E-state index < -0.39 is 0 Å². The molecule has 1 aromatic rings. The third-order valence-corrected chi connectivity index (χ3v) is 3.06. The number of nitrogens with zero attached hydrogens (tertiary/aromatic N) is 1. The fourth-order valence-corrected chi connectivity index (χ4v) is 2.03. The Bertz CT molecular complexity index is 547. The number of aryl methyl sites for hydroxylation is 2. The SMILES string of the molecule is CC.Cc1cc(C#CC2CC2)cc(C)c1/C(C=N)=N/N. The molecule has 0 spiro atoms. The minimum absolute atomic E-state index is 0.506. The van der Waals surface area contributed by atoms with Crippen LogP contribution in [0.5, 0.6) is 0 Å². The zero-order valence-electron chi connectivity index (χ0n) is 12.7. The van der Waals surface area contributed by atoms with Gasteiger partial charge in [0.05, 0.1) is 0 Å². The molecule has 20 heavy (non-hydrogen) atoms. The van der Waals surface area contributed by atoms with Crippen LogP contribution in [0.15, 0.2) is 17.2 Å². The third-order valence-electron chi connectivity index (χ3n) is 3.06. The predicted octanol–water partition coefficient (Wildman–Crippen LogP) is 3.40. The highest BCUT2D eigenvalue weighted by molar-refractivity contribution is 6.38. The van der Waals surface area contributed by atoms with Gasteiger partial charge in [-0.2, -0.15) is 5.10 Å². The molecule has 1 aromatic carbocycles. The van der Waals surface area contributed by atoms with Gasteiger partial charge in [0.1, 0.15) is 5.71 Å². The van der Waals surface area contributed by atoms with Crippen LogP contribution in [0.25, 0.3) is 0 Å². The van der Waals surface area contributed by atoms with Gasteiger partial charge in [0.25, 0.3) is 0 Å². The van der Waals surface area contributed by atoms with Gasteiger partial charge < -0.3 is 11.3 Å². The average molecular weight is 269 g/mol. The molecule has 106 valence electrons. The lowest BCUT2D eigenvalue weighted by Gasteiger charge is -2.09. The zero-order chi connectivity index (χ0) is 15.1. The Kier molecular flexibility index (Phi) is 5.99. The summed E-state index contributed by atoms with van der Waals surface area (Å²) in [6.45, 7) is 8.00.